The molecular formula is C21H21FN4OS. The van der Waals surface area contributed by atoms with E-state index in [1.807, 2.05) is 41.8 Å². The number of nitrogens with zero attached hydrogens (tertiary/aromatic N) is 3. The van der Waals surface area contributed by atoms with Gasteiger partial charge in [-0.05, 0) is 36.8 Å². The first-order valence-electron chi connectivity index (χ1n) is 8.87. The number of amides is 1. The molecule has 0 saturated carbocycles. The highest BCUT2D eigenvalue weighted by atomic mass is 32.2. The summed E-state index contributed by atoms with van der Waals surface area (Å²) in [6, 6.07) is 15.8. The molecule has 0 aliphatic heterocycles. The zero-order valence-corrected chi connectivity index (χ0v) is 16.3. The van der Waals surface area contributed by atoms with Crippen molar-refractivity contribution in [1.82, 2.24) is 20.1 Å². The minimum atomic E-state index is -0.349. The van der Waals surface area contributed by atoms with Crippen LogP contribution >= 0.6 is 11.8 Å². The van der Waals surface area contributed by atoms with E-state index < -0.39 is 0 Å². The minimum absolute atomic E-state index is 0.0784. The van der Waals surface area contributed by atoms with Gasteiger partial charge >= 0.3 is 0 Å². The Morgan fingerprint density at radius 2 is 1.93 bits per heavy atom. The number of hydrogen-bond acceptors (Lipinski definition) is 4. The van der Waals surface area contributed by atoms with Crippen LogP contribution < -0.4 is 5.32 Å². The van der Waals surface area contributed by atoms with Gasteiger partial charge in [-0.3, -0.25) is 9.36 Å². The SMILES string of the molecule is C=CCn1c(S[C@H](C)C(=O)NCc2ccccc2)nnc1-c1ccc(F)cc1. The number of benzene rings is 2. The van der Waals surface area contributed by atoms with Crippen LogP contribution in [-0.4, -0.2) is 25.9 Å². The molecule has 28 heavy (non-hydrogen) atoms. The van der Waals surface area contributed by atoms with Crippen LogP contribution in [-0.2, 0) is 17.9 Å². The van der Waals surface area contributed by atoms with Crippen LogP contribution in [0.3, 0.4) is 0 Å². The fourth-order valence-corrected chi connectivity index (χ4v) is 3.51. The Morgan fingerprint density at radius 3 is 2.61 bits per heavy atom. The Balaban J connectivity index is 1.71. The van der Waals surface area contributed by atoms with Crippen molar-refractivity contribution in [2.45, 2.75) is 30.4 Å². The Kier molecular flexibility index (Phi) is 6.60. The van der Waals surface area contributed by atoms with Crippen LogP contribution in [0.25, 0.3) is 11.4 Å². The Bertz CT molecular complexity index is 941. The zero-order chi connectivity index (χ0) is 19.9. The normalized spacial score (nSPS) is 11.8. The first-order valence-corrected chi connectivity index (χ1v) is 9.74. The number of halogens is 1. The highest BCUT2D eigenvalue weighted by Crippen LogP contribution is 2.27. The van der Waals surface area contributed by atoms with Crippen LogP contribution in [0, 0.1) is 5.82 Å². The summed E-state index contributed by atoms with van der Waals surface area (Å²) in [5.41, 5.74) is 1.80. The molecule has 1 atom stereocenters. The second kappa shape index (κ2) is 9.32. The molecule has 1 aromatic heterocycles. The van der Waals surface area contributed by atoms with Gasteiger partial charge in [0.2, 0.25) is 5.91 Å². The van der Waals surface area contributed by atoms with Crippen molar-refractivity contribution in [3.63, 3.8) is 0 Å². The number of nitrogens with one attached hydrogen (secondary N) is 1. The maximum atomic E-state index is 13.2. The lowest BCUT2D eigenvalue weighted by atomic mass is 10.2. The van der Waals surface area contributed by atoms with E-state index in [4.69, 9.17) is 0 Å². The first-order chi connectivity index (χ1) is 13.6. The molecule has 3 rings (SSSR count). The van der Waals surface area contributed by atoms with Crippen LogP contribution in [0.2, 0.25) is 0 Å². The predicted molar refractivity (Wildman–Crippen MR) is 109 cm³/mol. The summed E-state index contributed by atoms with van der Waals surface area (Å²) >= 11 is 1.33. The average molecular weight is 396 g/mol. The highest BCUT2D eigenvalue weighted by molar-refractivity contribution is 8.00. The maximum absolute atomic E-state index is 13.2. The van der Waals surface area contributed by atoms with Gasteiger partial charge in [0.25, 0.3) is 0 Å². The third-order valence-electron chi connectivity index (χ3n) is 4.09. The highest BCUT2D eigenvalue weighted by Gasteiger charge is 2.20. The van der Waals surface area contributed by atoms with Crippen molar-refractivity contribution in [2.75, 3.05) is 0 Å². The number of carbonyl (C=O) groups excluding carboxylic acids is 1. The van der Waals surface area contributed by atoms with Crippen molar-refractivity contribution >= 4 is 17.7 Å². The lowest BCUT2D eigenvalue weighted by molar-refractivity contribution is -0.120. The molecule has 0 aliphatic rings. The molecule has 144 valence electrons. The number of aromatic nitrogens is 3. The van der Waals surface area contributed by atoms with Gasteiger partial charge in [0, 0.05) is 18.7 Å². The second-order valence-electron chi connectivity index (χ2n) is 6.18. The van der Waals surface area contributed by atoms with Gasteiger partial charge in [0.15, 0.2) is 11.0 Å². The number of allylic oxidation sites excluding steroid dienone is 1. The molecule has 0 aliphatic carbocycles. The quantitative estimate of drug-likeness (QED) is 0.461. The fourth-order valence-electron chi connectivity index (χ4n) is 2.62. The Labute approximate surface area is 167 Å². The van der Waals surface area contributed by atoms with Crippen LogP contribution in [0.1, 0.15) is 12.5 Å². The molecule has 5 nitrogen and oxygen atoms in total. The van der Waals surface area contributed by atoms with Crippen molar-refractivity contribution in [3.8, 4) is 11.4 Å². The average Bonchev–Trinajstić information content (AvgIpc) is 3.10. The Morgan fingerprint density at radius 1 is 1.21 bits per heavy atom. The van der Waals surface area contributed by atoms with E-state index in [1.165, 1.54) is 23.9 Å². The molecule has 1 N–H and O–H groups in total. The first kappa shape index (κ1) is 19.8. The largest absolute Gasteiger partial charge is 0.351 e. The molecule has 0 radical (unpaired) electrons. The van der Waals surface area contributed by atoms with Gasteiger partial charge < -0.3 is 5.32 Å². The topological polar surface area (TPSA) is 59.8 Å². The molecule has 0 unspecified atom stereocenters. The van der Waals surface area contributed by atoms with E-state index in [-0.39, 0.29) is 17.0 Å². The summed E-state index contributed by atoms with van der Waals surface area (Å²) in [4.78, 5) is 12.5. The molecule has 1 heterocycles. The molecular weight excluding hydrogens is 375 g/mol. The predicted octanol–water partition coefficient (Wildman–Crippen LogP) is 4.07. The standard InChI is InChI=1S/C21H21FN4OS/c1-3-13-26-19(17-9-11-18(22)12-10-17)24-25-21(26)28-15(2)20(27)23-14-16-7-5-4-6-8-16/h3-12,15H,1,13-14H2,2H3,(H,23,27)/t15-/m1/s1. The van der Waals surface area contributed by atoms with Crippen LogP contribution in [0.5, 0.6) is 0 Å². The monoisotopic (exact) mass is 396 g/mol. The van der Waals surface area contributed by atoms with Crippen LogP contribution in [0.4, 0.5) is 4.39 Å². The molecule has 7 heteroatoms. The van der Waals surface area contributed by atoms with Gasteiger partial charge in [0.05, 0.1) is 5.25 Å². The van der Waals surface area contributed by atoms with Crippen molar-refractivity contribution in [2.24, 2.45) is 0 Å². The summed E-state index contributed by atoms with van der Waals surface area (Å²) < 4.78 is 15.1. The number of rotatable bonds is 8. The van der Waals surface area contributed by atoms with E-state index in [9.17, 15) is 9.18 Å². The molecule has 0 bridgehead atoms. The van der Waals surface area contributed by atoms with Crippen molar-refractivity contribution < 1.29 is 9.18 Å². The lowest BCUT2D eigenvalue weighted by Gasteiger charge is -2.13. The number of hydrogen-bond donors (Lipinski definition) is 1. The number of thioether (sulfide) groups is 1. The zero-order valence-electron chi connectivity index (χ0n) is 15.5. The van der Waals surface area contributed by atoms with E-state index >= 15 is 0 Å². The van der Waals surface area contributed by atoms with Crippen molar-refractivity contribution in [1.29, 1.82) is 0 Å². The molecule has 0 saturated heterocycles. The summed E-state index contributed by atoms with van der Waals surface area (Å²) in [5.74, 6) is 0.224. The summed E-state index contributed by atoms with van der Waals surface area (Å²) in [6.07, 6.45) is 1.74. The van der Waals surface area contributed by atoms with E-state index in [1.54, 1.807) is 18.2 Å². The Hall–Kier alpha value is -2.93. The van der Waals surface area contributed by atoms with Gasteiger partial charge in [0.1, 0.15) is 5.82 Å². The van der Waals surface area contributed by atoms with Gasteiger partial charge in [-0.25, -0.2) is 4.39 Å². The molecule has 0 spiro atoms. The van der Waals surface area contributed by atoms with Gasteiger partial charge in [-0.2, -0.15) is 0 Å². The van der Waals surface area contributed by atoms with E-state index in [2.05, 4.69) is 22.1 Å². The number of carbonyl (C=O) groups is 1. The van der Waals surface area contributed by atoms with Crippen molar-refractivity contribution in [3.05, 3.63) is 78.6 Å². The lowest BCUT2D eigenvalue weighted by Crippen LogP contribution is -2.30. The molecule has 2 aromatic carbocycles. The molecule has 0 fully saturated rings. The smallest absolute Gasteiger partial charge is 0.233 e. The summed E-state index contributed by atoms with van der Waals surface area (Å²) in [5, 5.41) is 11.7. The van der Waals surface area contributed by atoms with E-state index in [0.29, 0.717) is 24.1 Å². The third-order valence-corrected chi connectivity index (χ3v) is 5.17. The minimum Gasteiger partial charge on any atom is -0.351 e. The fraction of sp³-hybridized carbons (Fsp3) is 0.190. The van der Waals surface area contributed by atoms with Crippen LogP contribution in [0.15, 0.2) is 72.4 Å². The second-order valence-corrected chi connectivity index (χ2v) is 7.48. The third kappa shape index (κ3) is 4.86. The summed E-state index contributed by atoms with van der Waals surface area (Å²) in [6.45, 7) is 6.57. The van der Waals surface area contributed by atoms with E-state index in [0.717, 1.165) is 11.1 Å². The molecule has 1 amide bonds. The van der Waals surface area contributed by atoms with Gasteiger partial charge in [-0.15, -0.1) is 16.8 Å². The summed E-state index contributed by atoms with van der Waals surface area (Å²) in [7, 11) is 0. The molecule has 3 aromatic rings. The maximum Gasteiger partial charge on any atom is 0.233 e. The van der Waals surface area contributed by atoms with Gasteiger partial charge in [-0.1, -0.05) is 48.2 Å².